The molecule has 10 heteroatoms. The van der Waals surface area contributed by atoms with Gasteiger partial charge in [-0.1, -0.05) is 31.4 Å². The lowest BCUT2D eigenvalue weighted by atomic mass is 9.96. The Kier molecular flexibility index (Phi) is 7.32. The number of aryl methyl sites for hydroxylation is 1. The van der Waals surface area contributed by atoms with Gasteiger partial charge in [0.1, 0.15) is 16.5 Å². The number of H-pyrrole nitrogens is 1. The number of methoxy groups -OCH3 is 1. The van der Waals surface area contributed by atoms with Crippen LogP contribution >= 0.6 is 0 Å². The molecule has 1 saturated carbocycles. The summed E-state index contributed by atoms with van der Waals surface area (Å²) in [5, 5.41) is 2.78. The predicted molar refractivity (Wildman–Crippen MR) is 133 cm³/mol. The fraction of sp³-hybridized carbons (Fsp3) is 0.320. The van der Waals surface area contributed by atoms with Gasteiger partial charge in [-0.05, 0) is 50.1 Å². The standard InChI is InChI=1S/C25H28N4O5S/c1-16-13-23(30)28-24(26-16)17-7-6-10-20(14-17)27-25(31)18-11-12-21(34-2)22(15-18)35(32,33)29-19-8-4-3-5-9-19/h6-7,10-15,19,29H,3-5,8-9H2,1-2H3,(H,27,31)(H,26,28,30). The number of aromatic amines is 1. The highest BCUT2D eigenvalue weighted by atomic mass is 32.2. The van der Waals surface area contributed by atoms with E-state index in [2.05, 4.69) is 20.0 Å². The van der Waals surface area contributed by atoms with Crippen LogP contribution in [0.25, 0.3) is 11.4 Å². The number of hydrogen-bond acceptors (Lipinski definition) is 6. The molecule has 35 heavy (non-hydrogen) atoms. The topological polar surface area (TPSA) is 130 Å². The molecule has 184 valence electrons. The third-order valence-corrected chi connectivity index (χ3v) is 7.45. The smallest absolute Gasteiger partial charge is 0.255 e. The van der Waals surface area contributed by atoms with Gasteiger partial charge in [-0.25, -0.2) is 18.1 Å². The molecule has 0 bridgehead atoms. The minimum atomic E-state index is -3.88. The van der Waals surface area contributed by atoms with Gasteiger partial charge in [-0.15, -0.1) is 0 Å². The van der Waals surface area contributed by atoms with Crippen molar-refractivity contribution >= 4 is 21.6 Å². The molecule has 0 unspecified atom stereocenters. The SMILES string of the molecule is COc1ccc(C(=O)Nc2cccc(-c3nc(C)cc(=O)[nH]3)c2)cc1S(=O)(=O)NC1CCCCC1. The van der Waals surface area contributed by atoms with Gasteiger partial charge in [0.05, 0.1) is 7.11 Å². The van der Waals surface area contributed by atoms with E-state index in [-0.39, 0.29) is 27.8 Å². The first-order chi connectivity index (χ1) is 16.7. The number of benzene rings is 2. The number of amides is 1. The Morgan fingerprint density at radius 3 is 2.57 bits per heavy atom. The van der Waals surface area contributed by atoms with E-state index in [0.717, 1.165) is 32.1 Å². The van der Waals surface area contributed by atoms with Gasteiger partial charge < -0.3 is 15.0 Å². The molecule has 3 aromatic rings. The number of aromatic nitrogens is 2. The Morgan fingerprint density at radius 2 is 1.86 bits per heavy atom. The number of ether oxygens (including phenoxy) is 1. The maximum absolute atomic E-state index is 13.1. The lowest BCUT2D eigenvalue weighted by molar-refractivity contribution is 0.102. The average molecular weight is 497 g/mol. The maximum Gasteiger partial charge on any atom is 0.255 e. The Hall–Kier alpha value is -3.50. The van der Waals surface area contributed by atoms with Crippen LogP contribution in [0.5, 0.6) is 5.75 Å². The Morgan fingerprint density at radius 1 is 1.09 bits per heavy atom. The normalized spacial score (nSPS) is 14.5. The monoisotopic (exact) mass is 496 g/mol. The Balaban J connectivity index is 1.58. The first-order valence-electron chi connectivity index (χ1n) is 11.5. The second-order valence-electron chi connectivity index (χ2n) is 8.59. The highest BCUT2D eigenvalue weighted by Gasteiger charge is 2.26. The molecular formula is C25H28N4O5S. The van der Waals surface area contributed by atoms with E-state index in [4.69, 9.17) is 4.74 Å². The molecule has 0 saturated heterocycles. The summed E-state index contributed by atoms with van der Waals surface area (Å²) in [5.74, 6) is 0.0728. The molecule has 4 rings (SSSR count). The summed E-state index contributed by atoms with van der Waals surface area (Å²) in [4.78, 5) is 31.7. The minimum Gasteiger partial charge on any atom is -0.495 e. The van der Waals surface area contributed by atoms with Crippen molar-refractivity contribution in [3.8, 4) is 17.1 Å². The van der Waals surface area contributed by atoms with E-state index in [1.54, 1.807) is 31.2 Å². The van der Waals surface area contributed by atoms with Gasteiger partial charge in [0, 0.05) is 34.6 Å². The van der Waals surface area contributed by atoms with Crippen molar-refractivity contribution in [2.45, 2.75) is 50.0 Å². The van der Waals surface area contributed by atoms with E-state index >= 15 is 0 Å². The predicted octanol–water partition coefficient (Wildman–Crippen LogP) is 3.62. The van der Waals surface area contributed by atoms with Crippen molar-refractivity contribution in [1.82, 2.24) is 14.7 Å². The molecule has 2 aromatic carbocycles. The fourth-order valence-electron chi connectivity index (χ4n) is 4.19. The van der Waals surface area contributed by atoms with E-state index in [1.165, 1.54) is 31.4 Å². The molecular weight excluding hydrogens is 468 g/mol. The first kappa shape index (κ1) is 24.6. The Labute approximate surface area is 204 Å². The van der Waals surface area contributed by atoms with Crippen LogP contribution in [-0.2, 0) is 10.0 Å². The fourth-order valence-corrected chi connectivity index (χ4v) is 5.69. The number of carbonyl (C=O) groups excluding carboxylic acids is 1. The average Bonchev–Trinajstić information content (AvgIpc) is 2.83. The Bertz CT molecular complexity index is 1390. The summed E-state index contributed by atoms with van der Waals surface area (Å²) >= 11 is 0. The van der Waals surface area contributed by atoms with E-state index < -0.39 is 15.9 Å². The van der Waals surface area contributed by atoms with Crippen molar-refractivity contribution in [2.24, 2.45) is 0 Å². The summed E-state index contributed by atoms with van der Waals surface area (Å²) in [5.41, 5.74) is 1.57. The third kappa shape index (κ3) is 5.95. The van der Waals surface area contributed by atoms with Crippen LogP contribution in [0, 0.1) is 6.92 Å². The van der Waals surface area contributed by atoms with Crippen LogP contribution in [-0.4, -0.2) is 37.4 Å². The quantitative estimate of drug-likeness (QED) is 0.458. The zero-order valence-corrected chi connectivity index (χ0v) is 20.4. The molecule has 1 heterocycles. The van der Waals surface area contributed by atoms with Crippen molar-refractivity contribution in [2.75, 3.05) is 12.4 Å². The number of nitrogens with zero attached hydrogens (tertiary/aromatic N) is 1. The third-order valence-electron chi connectivity index (χ3n) is 5.91. The van der Waals surface area contributed by atoms with Crippen molar-refractivity contribution in [3.05, 3.63) is 70.1 Å². The summed E-state index contributed by atoms with van der Waals surface area (Å²) in [7, 11) is -2.49. The number of anilines is 1. The van der Waals surface area contributed by atoms with E-state index in [9.17, 15) is 18.0 Å². The second-order valence-corrected chi connectivity index (χ2v) is 10.3. The summed E-state index contributed by atoms with van der Waals surface area (Å²) in [6.45, 7) is 1.73. The molecule has 3 N–H and O–H groups in total. The number of rotatable bonds is 7. The van der Waals surface area contributed by atoms with Crippen LogP contribution in [0.15, 0.2) is 58.2 Å². The van der Waals surface area contributed by atoms with Crippen LogP contribution in [0.2, 0.25) is 0 Å². The van der Waals surface area contributed by atoms with E-state index in [0.29, 0.717) is 22.8 Å². The number of carbonyl (C=O) groups is 1. The van der Waals surface area contributed by atoms with E-state index in [1.807, 2.05) is 0 Å². The molecule has 1 amide bonds. The molecule has 0 aliphatic heterocycles. The van der Waals surface area contributed by atoms with Gasteiger partial charge in [0.25, 0.3) is 11.5 Å². The molecule has 0 atom stereocenters. The number of nitrogens with one attached hydrogen (secondary N) is 3. The van der Waals surface area contributed by atoms with Crippen molar-refractivity contribution in [1.29, 1.82) is 0 Å². The first-order valence-corrected chi connectivity index (χ1v) is 12.9. The molecule has 9 nitrogen and oxygen atoms in total. The van der Waals surface area contributed by atoms with Crippen molar-refractivity contribution in [3.63, 3.8) is 0 Å². The van der Waals surface area contributed by atoms with Gasteiger partial charge >= 0.3 is 0 Å². The zero-order chi connectivity index (χ0) is 25.0. The van der Waals surface area contributed by atoms with Crippen LogP contribution in [0.4, 0.5) is 5.69 Å². The van der Waals surface area contributed by atoms with Crippen LogP contribution in [0.3, 0.4) is 0 Å². The molecule has 0 spiro atoms. The highest BCUT2D eigenvalue weighted by molar-refractivity contribution is 7.89. The molecule has 1 aliphatic rings. The maximum atomic E-state index is 13.1. The van der Waals surface area contributed by atoms with Gasteiger partial charge in [0.15, 0.2) is 0 Å². The molecule has 1 aromatic heterocycles. The minimum absolute atomic E-state index is 0.0755. The number of hydrogen-bond donors (Lipinski definition) is 3. The second kappa shape index (κ2) is 10.4. The largest absolute Gasteiger partial charge is 0.495 e. The lowest BCUT2D eigenvalue weighted by Gasteiger charge is -2.23. The summed E-state index contributed by atoms with van der Waals surface area (Å²) in [6.07, 6.45) is 4.66. The summed E-state index contributed by atoms with van der Waals surface area (Å²) < 4.78 is 34.3. The van der Waals surface area contributed by atoms with Gasteiger partial charge in [0.2, 0.25) is 10.0 Å². The summed E-state index contributed by atoms with van der Waals surface area (Å²) in [6, 6.07) is 12.5. The lowest BCUT2D eigenvalue weighted by Crippen LogP contribution is -2.36. The highest BCUT2D eigenvalue weighted by Crippen LogP contribution is 2.28. The molecule has 0 radical (unpaired) electrons. The van der Waals surface area contributed by atoms with Crippen LogP contribution < -0.4 is 20.3 Å². The molecule has 1 fully saturated rings. The number of sulfonamides is 1. The van der Waals surface area contributed by atoms with Crippen LogP contribution in [0.1, 0.15) is 48.2 Å². The zero-order valence-electron chi connectivity index (χ0n) is 19.6. The van der Waals surface area contributed by atoms with Gasteiger partial charge in [-0.3, -0.25) is 9.59 Å². The molecule has 1 aliphatic carbocycles. The van der Waals surface area contributed by atoms with Gasteiger partial charge in [-0.2, -0.15) is 0 Å². The van der Waals surface area contributed by atoms with Crippen molar-refractivity contribution < 1.29 is 17.9 Å².